The maximum absolute atomic E-state index is 5.74. The molecule has 0 bridgehead atoms. The molecule has 1 rings (SSSR count). The van der Waals surface area contributed by atoms with Gasteiger partial charge in [-0.2, -0.15) is 0 Å². The Labute approximate surface area is 112 Å². The summed E-state index contributed by atoms with van der Waals surface area (Å²) in [5, 5.41) is 3.58. The maximum atomic E-state index is 5.74. The molecule has 102 valence electrons. The highest BCUT2D eigenvalue weighted by molar-refractivity contribution is 5.30. The molecule has 0 aromatic heterocycles. The van der Waals surface area contributed by atoms with E-state index >= 15 is 0 Å². The van der Waals surface area contributed by atoms with Crippen LogP contribution >= 0.6 is 0 Å². The van der Waals surface area contributed by atoms with Crippen LogP contribution in [0.4, 0.5) is 0 Å². The second-order valence-corrected chi connectivity index (χ2v) is 4.97. The Bertz CT molecular complexity index is 338. The van der Waals surface area contributed by atoms with Crippen molar-refractivity contribution in [2.24, 2.45) is 0 Å². The Hall–Kier alpha value is -1.02. The van der Waals surface area contributed by atoms with Crippen molar-refractivity contribution in [3.63, 3.8) is 0 Å². The number of ether oxygens (including phenoxy) is 1. The van der Waals surface area contributed by atoms with E-state index in [4.69, 9.17) is 4.74 Å². The normalized spacial score (nSPS) is 14.2. The molecule has 2 atom stereocenters. The van der Waals surface area contributed by atoms with Crippen molar-refractivity contribution in [2.75, 3.05) is 6.61 Å². The summed E-state index contributed by atoms with van der Waals surface area (Å²) in [5.74, 6) is 0.985. The third-order valence-corrected chi connectivity index (χ3v) is 3.27. The Kier molecular flexibility index (Phi) is 6.81. The maximum Gasteiger partial charge on any atom is 0.119 e. The van der Waals surface area contributed by atoms with Gasteiger partial charge >= 0.3 is 0 Å². The molecule has 0 aliphatic carbocycles. The molecule has 0 saturated heterocycles. The number of rotatable bonds is 8. The lowest BCUT2D eigenvalue weighted by molar-refractivity contribution is 0.308. The summed E-state index contributed by atoms with van der Waals surface area (Å²) in [6, 6.07) is 9.34. The van der Waals surface area contributed by atoms with E-state index in [0.29, 0.717) is 12.1 Å². The van der Waals surface area contributed by atoms with Crippen LogP contribution in [0.5, 0.6) is 5.75 Å². The molecule has 1 aromatic rings. The summed E-state index contributed by atoms with van der Waals surface area (Å²) in [7, 11) is 0. The lowest BCUT2D eigenvalue weighted by atomic mass is 10.1. The molecule has 0 radical (unpaired) electrons. The van der Waals surface area contributed by atoms with Crippen molar-refractivity contribution >= 4 is 0 Å². The molecule has 0 fully saturated rings. The minimum absolute atomic E-state index is 0.370. The van der Waals surface area contributed by atoms with E-state index in [2.05, 4.69) is 51.2 Å². The lowest BCUT2D eigenvalue weighted by Gasteiger charge is -2.19. The van der Waals surface area contributed by atoms with E-state index < -0.39 is 0 Å². The van der Waals surface area contributed by atoms with Gasteiger partial charge in [-0.1, -0.05) is 32.4 Å². The van der Waals surface area contributed by atoms with Crippen LogP contribution in [0.3, 0.4) is 0 Å². The van der Waals surface area contributed by atoms with Gasteiger partial charge in [0, 0.05) is 12.1 Å². The highest BCUT2D eigenvalue weighted by Crippen LogP contribution is 2.20. The molecule has 0 unspecified atom stereocenters. The first kappa shape index (κ1) is 15.0. The minimum atomic E-state index is 0.370. The average molecular weight is 249 g/mol. The predicted octanol–water partition coefficient (Wildman–Crippen LogP) is 4.31. The molecule has 1 aromatic carbocycles. The molecule has 0 saturated carbocycles. The highest BCUT2D eigenvalue weighted by Gasteiger charge is 2.08. The van der Waals surface area contributed by atoms with Crippen LogP contribution in [-0.2, 0) is 0 Å². The summed E-state index contributed by atoms with van der Waals surface area (Å²) in [4.78, 5) is 0. The fraction of sp³-hybridized carbons (Fsp3) is 0.625. The van der Waals surface area contributed by atoms with Gasteiger partial charge in [0.15, 0.2) is 0 Å². The Morgan fingerprint density at radius 3 is 2.67 bits per heavy atom. The van der Waals surface area contributed by atoms with Crippen LogP contribution in [0, 0.1) is 0 Å². The molecule has 2 heteroatoms. The number of hydrogen-bond acceptors (Lipinski definition) is 2. The van der Waals surface area contributed by atoms with E-state index in [0.717, 1.165) is 25.2 Å². The summed E-state index contributed by atoms with van der Waals surface area (Å²) in [6.45, 7) is 9.62. The van der Waals surface area contributed by atoms with Gasteiger partial charge in [0.2, 0.25) is 0 Å². The van der Waals surface area contributed by atoms with E-state index in [1.807, 2.05) is 6.07 Å². The number of unbranched alkanes of at least 4 members (excludes halogenated alkanes) is 1. The first-order chi connectivity index (χ1) is 8.67. The van der Waals surface area contributed by atoms with Gasteiger partial charge in [0.05, 0.1) is 6.61 Å². The summed E-state index contributed by atoms with van der Waals surface area (Å²) in [6.07, 6.45) is 3.44. The Morgan fingerprint density at radius 2 is 2.00 bits per heavy atom. The predicted molar refractivity (Wildman–Crippen MR) is 78.1 cm³/mol. The van der Waals surface area contributed by atoms with E-state index in [1.165, 1.54) is 12.0 Å². The van der Waals surface area contributed by atoms with E-state index in [9.17, 15) is 0 Å². The molecule has 0 amide bonds. The largest absolute Gasteiger partial charge is 0.494 e. The number of benzene rings is 1. The van der Waals surface area contributed by atoms with Gasteiger partial charge in [-0.15, -0.1) is 0 Å². The zero-order valence-electron chi connectivity index (χ0n) is 12.2. The lowest BCUT2D eigenvalue weighted by Crippen LogP contribution is -2.28. The molecular weight excluding hydrogens is 222 g/mol. The van der Waals surface area contributed by atoms with Crippen LogP contribution in [0.2, 0.25) is 0 Å². The van der Waals surface area contributed by atoms with Crippen molar-refractivity contribution in [1.82, 2.24) is 5.32 Å². The van der Waals surface area contributed by atoms with Crippen molar-refractivity contribution in [3.05, 3.63) is 29.8 Å². The standard InChI is InChI=1S/C16H27NO/c1-5-7-11-18-16-10-8-9-15(12-16)14(4)17-13(3)6-2/h8-10,12-14,17H,5-7,11H2,1-4H3/t13-,14-/m1/s1. The smallest absolute Gasteiger partial charge is 0.119 e. The first-order valence-electron chi connectivity index (χ1n) is 7.16. The second kappa shape index (κ2) is 8.15. The minimum Gasteiger partial charge on any atom is -0.494 e. The average Bonchev–Trinajstić information content (AvgIpc) is 2.39. The fourth-order valence-electron chi connectivity index (χ4n) is 1.85. The van der Waals surface area contributed by atoms with Gasteiger partial charge in [0.25, 0.3) is 0 Å². The molecule has 0 aliphatic rings. The number of hydrogen-bond donors (Lipinski definition) is 1. The molecular formula is C16H27NO. The van der Waals surface area contributed by atoms with Crippen molar-refractivity contribution in [1.29, 1.82) is 0 Å². The van der Waals surface area contributed by atoms with Crippen LogP contribution in [0.1, 0.15) is 58.6 Å². The highest BCUT2D eigenvalue weighted by atomic mass is 16.5. The van der Waals surface area contributed by atoms with Crippen LogP contribution in [0.15, 0.2) is 24.3 Å². The van der Waals surface area contributed by atoms with E-state index in [-0.39, 0.29) is 0 Å². The molecule has 18 heavy (non-hydrogen) atoms. The van der Waals surface area contributed by atoms with Crippen molar-refractivity contribution < 1.29 is 4.74 Å². The molecule has 0 spiro atoms. The van der Waals surface area contributed by atoms with Crippen molar-refractivity contribution in [3.8, 4) is 5.75 Å². The summed E-state index contributed by atoms with van der Waals surface area (Å²) in [5.41, 5.74) is 1.30. The third-order valence-electron chi connectivity index (χ3n) is 3.27. The molecule has 0 aliphatic heterocycles. The van der Waals surface area contributed by atoms with Crippen LogP contribution in [0.25, 0.3) is 0 Å². The van der Waals surface area contributed by atoms with Gasteiger partial charge in [-0.3, -0.25) is 0 Å². The SMILES string of the molecule is CCCCOc1cccc([C@@H](C)N[C@H](C)CC)c1. The van der Waals surface area contributed by atoms with Gasteiger partial charge in [0.1, 0.15) is 5.75 Å². The molecule has 1 N–H and O–H groups in total. The quantitative estimate of drug-likeness (QED) is 0.693. The van der Waals surface area contributed by atoms with Gasteiger partial charge in [-0.05, 0) is 44.4 Å². The van der Waals surface area contributed by atoms with Crippen LogP contribution < -0.4 is 10.1 Å². The Morgan fingerprint density at radius 1 is 1.22 bits per heavy atom. The Balaban J connectivity index is 2.57. The van der Waals surface area contributed by atoms with E-state index in [1.54, 1.807) is 0 Å². The molecule has 0 heterocycles. The summed E-state index contributed by atoms with van der Waals surface area (Å²) >= 11 is 0. The first-order valence-corrected chi connectivity index (χ1v) is 7.16. The molecule has 2 nitrogen and oxygen atoms in total. The van der Waals surface area contributed by atoms with Gasteiger partial charge in [-0.25, -0.2) is 0 Å². The second-order valence-electron chi connectivity index (χ2n) is 4.97. The topological polar surface area (TPSA) is 21.3 Å². The van der Waals surface area contributed by atoms with Gasteiger partial charge < -0.3 is 10.1 Å². The fourth-order valence-corrected chi connectivity index (χ4v) is 1.85. The third kappa shape index (κ3) is 5.09. The zero-order chi connectivity index (χ0) is 13.4. The zero-order valence-corrected chi connectivity index (χ0v) is 12.2. The number of nitrogens with one attached hydrogen (secondary N) is 1. The monoisotopic (exact) mass is 249 g/mol. The summed E-state index contributed by atoms with van der Waals surface area (Å²) < 4.78 is 5.74. The van der Waals surface area contributed by atoms with Crippen LogP contribution in [-0.4, -0.2) is 12.6 Å². The van der Waals surface area contributed by atoms with Crippen molar-refractivity contribution in [2.45, 2.75) is 59.0 Å².